The van der Waals surface area contributed by atoms with Crippen LogP contribution >= 0.6 is 0 Å². The molecular weight excluding hydrogens is 520 g/mol. The first-order valence-electron chi connectivity index (χ1n) is 14.3. The summed E-state index contributed by atoms with van der Waals surface area (Å²) in [6, 6.07) is 28.9. The number of pyridine rings is 2. The van der Waals surface area contributed by atoms with Gasteiger partial charge in [-0.2, -0.15) is 10.4 Å². The molecule has 8 nitrogen and oxygen atoms in total. The Morgan fingerprint density at radius 3 is 2.45 bits per heavy atom. The van der Waals surface area contributed by atoms with E-state index in [1.54, 1.807) is 0 Å². The Bertz CT molecular complexity index is 1870. The number of H-pyrrole nitrogens is 1. The minimum atomic E-state index is 0.375. The Hall–Kier alpha value is -5.13. The zero-order valence-corrected chi connectivity index (χ0v) is 23.4. The summed E-state index contributed by atoms with van der Waals surface area (Å²) in [5, 5.41) is 17.3. The molecule has 1 aliphatic heterocycles. The highest BCUT2D eigenvalue weighted by molar-refractivity contribution is 5.83. The lowest BCUT2D eigenvalue weighted by molar-refractivity contribution is 0.202. The van der Waals surface area contributed by atoms with E-state index >= 15 is 0 Å². The molecule has 7 rings (SSSR count). The Labute approximate surface area is 244 Å². The highest BCUT2D eigenvalue weighted by Crippen LogP contribution is 2.34. The van der Waals surface area contributed by atoms with E-state index in [1.807, 2.05) is 66.2 Å². The summed E-state index contributed by atoms with van der Waals surface area (Å²) in [6.07, 6.45) is 5.90. The molecule has 0 atom stereocenters. The van der Waals surface area contributed by atoms with Gasteiger partial charge in [-0.15, -0.1) is 0 Å². The molecule has 42 heavy (non-hydrogen) atoms. The normalized spacial score (nSPS) is 14.3. The van der Waals surface area contributed by atoms with Crippen molar-refractivity contribution < 1.29 is 0 Å². The van der Waals surface area contributed by atoms with Crippen molar-refractivity contribution in [2.24, 2.45) is 0 Å². The smallest absolute Gasteiger partial charge is 0.199 e. The van der Waals surface area contributed by atoms with Gasteiger partial charge < -0.3 is 0 Å². The summed E-state index contributed by atoms with van der Waals surface area (Å²) in [4.78, 5) is 16.7. The first kappa shape index (κ1) is 25.8. The van der Waals surface area contributed by atoms with Crippen LogP contribution in [0.3, 0.4) is 0 Å². The molecule has 0 unspecified atom stereocenters. The van der Waals surface area contributed by atoms with Crippen LogP contribution in [-0.2, 0) is 6.54 Å². The first-order chi connectivity index (χ1) is 20.7. The third-order valence-electron chi connectivity index (χ3n) is 8.07. The van der Waals surface area contributed by atoms with Gasteiger partial charge in [0, 0.05) is 36.0 Å². The van der Waals surface area contributed by atoms with Gasteiger partial charge in [0.15, 0.2) is 11.5 Å². The van der Waals surface area contributed by atoms with Crippen molar-refractivity contribution in [2.45, 2.75) is 32.2 Å². The van der Waals surface area contributed by atoms with Crippen LogP contribution in [0.5, 0.6) is 0 Å². The van der Waals surface area contributed by atoms with E-state index in [2.05, 4.69) is 62.5 Å². The van der Waals surface area contributed by atoms with Crippen molar-refractivity contribution in [3.8, 4) is 40.1 Å². The number of aromatic nitrogens is 6. The number of fused-ring (bicyclic) bond motifs is 1. The predicted molar refractivity (Wildman–Crippen MR) is 162 cm³/mol. The molecule has 0 spiro atoms. The van der Waals surface area contributed by atoms with Gasteiger partial charge in [0.25, 0.3) is 0 Å². The van der Waals surface area contributed by atoms with Crippen molar-refractivity contribution in [1.29, 1.82) is 5.26 Å². The SMILES string of the molecule is Cc1ccc(-c2n[nH]c(C3CCN(Cc4ccc(-c5nc6c(C#N)cccn6c5-c5ccccc5)cc4)CC3)n2)nc1. The zero-order valence-electron chi connectivity index (χ0n) is 23.4. The van der Waals surface area contributed by atoms with Crippen molar-refractivity contribution in [3.05, 3.63) is 114 Å². The molecule has 4 aromatic heterocycles. The number of benzene rings is 2. The lowest BCUT2D eigenvalue weighted by Crippen LogP contribution is -2.32. The standard InChI is InChI=1S/C34H30N8/c1-23-9-14-29(36-21-23)33-38-32(39-40-33)27-15-18-41(19-16-27)22-24-10-12-25(13-11-24)30-31(26-6-3-2-4-7-26)42-17-5-8-28(20-35)34(42)37-30/h2-14,17,21,27H,15-16,18-19,22H2,1H3,(H,38,39,40). The van der Waals surface area contributed by atoms with E-state index in [0.29, 0.717) is 23.0 Å². The largest absolute Gasteiger partial charge is 0.299 e. The molecule has 1 aliphatic rings. The number of nitriles is 1. The molecule has 0 bridgehead atoms. The second-order valence-electron chi connectivity index (χ2n) is 10.9. The van der Waals surface area contributed by atoms with Crippen LogP contribution in [0.4, 0.5) is 0 Å². The molecule has 0 radical (unpaired) electrons. The molecular formula is C34H30N8. The molecule has 0 aliphatic carbocycles. The van der Waals surface area contributed by atoms with Gasteiger partial charge in [-0.25, -0.2) is 9.97 Å². The number of nitrogens with zero attached hydrogens (tertiary/aromatic N) is 7. The fourth-order valence-corrected chi connectivity index (χ4v) is 5.79. The molecule has 1 saturated heterocycles. The Kier molecular flexibility index (Phi) is 6.78. The minimum absolute atomic E-state index is 0.375. The number of piperidine rings is 1. The van der Waals surface area contributed by atoms with Gasteiger partial charge in [0.2, 0.25) is 0 Å². The fraction of sp³-hybridized carbons (Fsp3) is 0.206. The van der Waals surface area contributed by atoms with Crippen LogP contribution < -0.4 is 0 Å². The van der Waals surface area contributed by atoms with E-state index in [4.69, 9.17) is 9.97 Å². The van der Waals surface area contributed by atoms with Crippen molar-refractivity contribution >= 4 is 5.65 Å². The second-order valence-corrected chi connectivity index (χ2v) is 10.9. The fourth-order valence-electron chi connectivity index (χ4n) is 5.79. The summed E-state index contributed by atoms with van der Waals surface area (Å²) in [6.45, 7) is 4.94. The first-order valence-corrected chi connectivity index (χ1v) is 14.3. The topological polar surface area (TPSA) is 98.8 Å². The molecule has 8 heteroatoms. The number of imidazole rings is 1. The van der Waals surface area contributed by atoms with Gasteiger partial charge in [-0.1, -0.05) is 60.7 Å². The summed E-state index contributed by atoms with van der Waals surface area (Å²) in [7, 11) is 0. The molecule has 6 aromatic rings. The summed E-state index contributed by atoms with van der Waals surface area (Å²) >= 11 is 0. The number of aromatic amines is 1. The van der Waals surface area contributed by atoms with Crippen LogP contribution in [-0.4, -0.2) is 47.5 Å². The monoisotopic (exact) mass is 550 g/mol. The molecule has 0 amide bonds. The third kappa shape index (κ3) is 4.95. The van der Waals surface area contributed by atoms with Crippen LogP contribution in [0.25, 0.3) is 39.7 Å². The van der Waals surface area contributed by atoms with Gasteiger partial charge in [-0.05, 0) is 62.2 Å². The van der Waals surface area contributed by atoms with Gasteiger partial charge in [0.1, 0.15) is 17.6 Å². The number of nitrogens with one attached hydrogen (secondary N) is 1. The predicted octanol–water partition coefficient (Wildman–Crippen LogP) is 6.41. The maximum Gasteiger partial charge on any atom is 0.199 e. The maximum absolute atomic E-state index is 9.69. The number of aryl methyl sites for hydroxylation is 1. The molecule has 1 N–H and O–H groups in total. The third-order valence-corrected chi connectivity index (χ3v) is 8.07. The van der Waals surface area contributed by atoms with E-state index in [9.17, 15) is 5.26 Å². The summed E-state index contributed by atoms with van der Waals surface area (Å²) in [5.41, 5.74) is 8.40. The lowest BCUT2D eigenvalue weighted by atomic mass is 9.95. The van der Waals surface area contributed by atoms with Crippen LogP contribution in [0.1, 0.15) is 41.3 Å². The molecule has 5 heterocycles. The average molecular weight is 551 g/mol. The van der Waals surface area contributed by atoms with E-state index in [0.717, 1.165) is 72.1 Å². The number of hydrogen-bond donors (Lipinski definition) is 1. The number of rotatable bonds is 6. The summed E-state index contributed by atoms with van der Waals surface area (Å²) in [5.74, 6) is 2.00. The van der Waals surface area contributed by atoms with Gasteiger partial charge >= 0.3 is 0 Å². The minimum Gasteiger partial charge on any atom is -0.299 e. The highest BCUT2D eigenvalue weighted by atomic mass is 15.2. The second kappa shape index (κ2) is 11.0. The Morgan fingerprint density at radius 1 is 0.905 bits per heavy atom. The molecule has 206 valence electrons. The maximum atomic E-state index is 9.69. The Morgan fingerprint density at radius 2 is 1.71 bits per heavy atom. The quantitative estimate of drug-likeness (QED) is 0.257. The van der Waals surface area contributed by atoms with Crippen molar-refractivity contribution in [3.63, 3.8) is 0 Å². The number of likely N-dealkylation sites (tertiary alicyclic amines) is 1. The molecule has 1 fully saturated rings. The van der Waals surface area contributed by atoms with Gasteiger partial charge in [0.05, 0.1) is 17.0 Å². The van der Waals surface area contributed by atoms with Crippen LogP contribution in [0.2, 0.25) is 0 Å². The van der Waals surface area contributed by atoms with E-state index in [1.165, 1.54) is 5.56 Å². The lowest BCUT2D eigenvalue weighted by Gasteiger charge is -2.30. The molecule has 2 aromatic carbocycles. The van der Waals surface area contributed by atoms with E-state index < -0.39 is 0 Å². The van der Waals surface area contributed by atoms with E-state index in [-0.39, 0.29) is 0 Å². The van der Waals surface area contributed by atoms with Crippen molar-refractivity contribution in [1.82, 2.24) is 34.4 Å². The number of hydrogen-bond acceptors (Lipinski definition) is 6. The van der Waals surface area contributed by atoms with Crippen LogP contribution in [0, 0.1) is 18.3 Å². The zero-order chi connectivity index (χ0) is 28.5. The molecule has 0 saturated carbocycles. The van der Waals surface area contributed by atoms with Crippen LogP contribution in [0.15, 0.2) is 91.3 Å². The summed E-state index contributed by atoms with van der Waals surface area (Å²) < 4.78 is 2.02. The Balaban J connectivity index is 1.05. The average Bonchev–Trinajstić information content (AvgIpc) is 3.69. The highest BCUT2D eigenvalue weighted by Gasteiger charge is 2.24. The van der Waals surface area contributed by atoms with Crippen molar-refractivity contribution in [2.75, 3.05) is 13.1 Å². The van der Waals surface area contributed by atoms with Gasteiger partial charge in [-0.3, -0.25) is 19.4 Å².